The number of methoxy groups -OCH3 is 1. The van der Waals surface area contributed by atoms with Gasteiger partial charge < -0.3 is 19.7 Å². The molecule has 3 saturated heterocycles. The number of aromatic nitrogens is 1. The summed E-state index contributed by atoms with van der Waals surface area (Å²) in [4.78, 5) is 19.1. The van der Waals surface area contributed by atoms with E-state index in [1.54, 1.807) is 36.8 Å². The van der Waals surface area contributed by atoms with E-state index in [1.165, 1.54) is 37.3 Å². The number of benzene rings is 1. The predicted octanol–water partition coefficient (Wildman–Crippen LogP) is 2.77. The van der Waals surface area contributed by atoms with E-state index in [1.807, 2.05) is 0 Å². The van der Waals surface area contributed by atoms with Crippen LogP contribution in [0.4, 0.5) is 0 Å². The zero-order valence-corrected chi connectivity index (χ0v) is 14.9. The van der Waals surface area contributed by atoms with Gasteiger partial charge in [-0.15, -0.1) is 0 Å². The van der Waals surface area contributed by atoms with E-state index in [0.29, 0.717) is 28.3 Å². The highest BCUT2D eigenvalue weighted by molar-refractivity contribution is 7.11. The normalized spacial score (nSPS) is 24.8. The molecule has 0 saturated carbocycles. The van der Waals surface area contributed by atoms with Crippen molar-refractivity contribution in [2.75, 3.05) is 26.7 Å². The number of carbonyl (C=O) groups is 1. The molecule has 7 heteroatoms. The number of rotatable bonds is 5. The van der Waals surface area contributed by atoms with Crippen LogP contribution in [0.2, 0.25) is 0 Å². The summed E-state index contributed by atoms with van der Waals surface area (Å²) in [7, 11) is 1.57. The van der Waals surface area contributed by atoms with Crippen molar-refractivity contribution in [2.24, 2.45) is 5.92 Å². The summed E-state index contributed by atoms with van der Waals surface area (Å²) in [6.07, 6.45) is 2.38. The lowest BCUT2D eigenvalue weighted by molar-refractivity contribution is 0.0620. The molecule has 6 nitrogen and oxygen atoms in total. The Morgan fingerprint density at radius 3 is 2.64 bits per heavy atom. The Balaban J connectivity index is 1.37. The fraction of sp³-hybridized carbons (Fsp3) is 0.444. The van der Waals surface area contributed by atoms with Gasteiger partial charge in [0.2, 0.25) is 5.88 Å². The van der Waals surface area contributed by atoms with Crippen LogP contribution in [0.1, 0.15) is 23.2 Å². The molecule has 3 fully saturated rings. The third-order valence-corrected chi connectivity index (χ3v) is 5.66. The maximum absolute atomic E-state index is 12.5. The van der Waals surface area contributed by atoms with Crippen LogP contribution < -0.4 is 14.8 Å². The van der Waals surface area contributed by atoms with Gasteiger partial charge in [0.25, 0.3) is 11.1 Å². The van der Waals surface area contributed by atoms with Gasteiger partial charge in [0.1, 0.15) is 5.75 Å². The van der Waals surface area contributed by atoms with Gasteiger partial charge in [-0.2, -0.15) is 4.98 Å². The number of thiazole rings is 1. The first-order valence-electron chi connectivity index (χ1n) is 8.52. The van der Waals surface area contributed by atoms with Gasteiger partial charge in [-0.1, -0.05) is 11.3 Å². The number of hydrogen-bond donors (Lipinski definition) is 1. The van der Waals surface area contributed by atoms with Crippen LogP contribution in [0.25, 0.3) is 0 Å². The molecule has 0 spiro atoms. The van der Waals surface area contributed by atoms with Crippen molar-refractivity contribution in [3.05, 3.63) is 35.2 Å². The quantitative estimate of drug-likeness (QED) is 0.889. The average Bonchev–Trinajstić information content (AvgIpc) is 3.11. The topological polar surface area (TPSA) is 63.7 Å². The molecule has 1 N–H and O–H groups in total. The van der Waals surface area contributed by atoms with Crippen molar-refractivity contribution in [3.8, 4) is 16.8 Å². The smallest absolute Gasteiger partial charge is 0.282 e. The summed E-state index contributed by atoms with van der Waals surface area (Å²) in [6.45, 7) is 3.32. The first-order chi connectivity index (χ1) is 12.2. The van der Waals surface area contributed by atoms with Crippen LogP contribution in [0, 0.1) is 5.92 Å². The van der Waals surface area contributed by atoms with Gasteiger partial charge in [-0.25, -0.2) is 0 Å². The number of carbonyl (C=O) groups excluding carboxylic acids is 1. The number of fused-ring (bicyclic) bond motifs is 3. The maximum Gasteiger partial charge on any atom is 0.282 e. The Morgan fingerprint density at radius 1 is 1.28 bits per heavy atom. The summed E-state index contributed by atoms with van der Waals surface area (Å²) in [5.74, 6) is 1.79. The molecule has 1 aromatic heterocycles. The van der Waals surface area contributed by atoms with Gasteiger partial charge in [-0.3, -0.25) is 4.79 Å². The fourth-order valence-corrected chi connectivity index (χ4v) is 4.18. The van der Waals surface area contributed by atoms with E-state index in [9.17, 15) is 4.79 Å². The molecule has 2 aromatic rings. The number of ether oxygens (including phenoxy) is 2. The Hall–Kier alpha value is -2.12. The van der Waals surface area contributed by atoms with Crippen molar-refractivity contribution in [1.82, 2.24) is 15.2 Å². The molecule has 3 aliphatic rings. The first-order valence-corrected chi connectivity index (χ1v) is 9.40. The third-order valence-electron chi connectivity index (χ3n) is 4.97. The lowest BCUT2D eigenvalue weighted by atomic mass is 9.84. The molecular weight excluding hydrogens is 338 g/mol. The lowest BCUT2D eigenvalue weighted by Crippen LogP contribution is -2.57. The Labute approximate surface area is 150 Å². The van der Waals surface area contributed by atoms with Crippen molar-refractivity contribution in [3.63, 3.8) is 0 Å². The summed E-state index contributed by atoms with van der Waals surface area (Å²) in [6, 6.07) is 7.43. The monoisotopic (exact) mass is 359 g/mol. The zero-order valence-electron chi connectivity index (χ0n) is 14.1. The molecule has 0 unspecified atom stereocenters. The minimum atomic E-state index is -0.0128. The molecule has 4 heterocycles. The molecule has 0 radical (unpaired) electrons. The molecule has 1 amide bonds. The zero-order chi connectivity index (χ0) is 17.2. The highest BCUT2D eigenvalue weighted by Crippen LogP contribution is 2.29. The van der Waals surface area contributed by atoms with Gasteiger partial charge in [0.05, 0.1) is 12.5 Å². The Bertz CT molecular complexity index is 738. The molecule has 25 heavy (non-hydrogen) atoms. The van der Waals surface area contributed by atoms with Crippen molar-refractivity contribution in [1.29, 1.82) is 0 Å². The van der Waals surface area contributed by atoms with Crippen LogP contribution in [0.15, 0.2) is 29.6 Å². The SMILES string of the molecule is COc1csc(Oc2ccc(C(=O)N[C@H]3CN4CCC3CC4)cc2)n1. The van der Waals surface area contributed by atoms with E-state index in [4.69, 9.17) is 9.47 Å². The Kier molecular flexibility index (Phi) is 4.59. The van der Waals surface area contributed by atoms with Gasteiger partial charge in [0, 0.05) is 18.2 Å². The molecule has 3 aliphatic heterocycles. The van der Waals surface area contributed by atoms with Crippen molar-refractivity contribution < 1.29 is 14.3 Å². The van der Waals surface area contributed by atoms with E-state index in [2.05, 4.69) is 15.2 Å². The minimum Gasteiger partial charge on any atom is -0.480 e. The van der Waals surface area contributed by atoms with Crippen LogP contribution in [-0.4, -0.2) is 48.6 Å². The third kappa shape index (κ3) is 3.62. The largest absolute Gasteiger partial charge is 0.480 e. The molecule has 1 aromatic carbocycles. The molecular formula is C18H21N3O3S. The minimum absolute atomic E-state index is 0.0128. The average molecular weight is 359 g/mol. The predicted molar refractivity (Wildman–Crippen MR) is 95.6 cm³/mol. The maximum atomic E-state index is 12.5. The van der Waals surface area contributed by atoms with Crippen LogP contribution in [0.5, 0.6) is 16.8 Å². The number of piperidine rings is 3. The first kappa shape index (κ1) is 16.4. The van der Waals surface area contributed by atoms with Gasteiger partial charge in [-0.05, 0) is 56.1 Å². The highest BCUT2D eigenvalue weighted by Gasteiger charge is 2.34. The Morgan fingerprint density at radius 2 is 2.04 bits per heavy atom. The van der Waals surface area contributed by atoms with Gasteiger partial charge >= 0.3 is 0 Å². The van der Waals surface area contributed by atoms with E-state index in [0.717, 1.165) is 6.54 Å². The van der Waals surface area contributed by atoms with Crippen LogP contribution >= 0.6 is 11.3 Å². The number of nitrogens with zero attached hydrogens (tertiary/aromatic N) is 2. The molecule has 2 bridgehead atoms. The van der Waals surface area contributed by atoms with Crippen LogP contribution in [0.3, 0.4) is 0 Å². The standard InChI is InChI=1S/C18H21N3O3S/c1-23-16-11-25-18(20-16)24-14-4-2-13(3-5-14)17(22)19-15-10-21-8-6-12(15)7-9-21/h2-5,11-12,15H,6-10H2,1H3,(H,19,22)/t15-/m0/s1. The highest BCUT2D eigenvalue weighted by atomic mass is 32.1. The summed E-state index contributed by atoms with van der Waals surface area (Å²) in [5.41, 5.74) is 0.653. The molecule has 1 atom stereocenters. The molecule has 132 valence electrons. The molecule has 5 rings (SSSR count). The van der Waals surface area contributed by atoms with Crippen molar-refractivity contribution >= 4 is 17.2 Å². The fourth-order valence-electron chi connectivity index (χ4n) is 3.54. The van der Waals surface area contributed by atoms with E-state index >= 15 is 0 Å². The van der Waals surface area contributed by atoms with E-state index in [-0.39, 0.29) is 11.9 Å². The number of hydrogen-bond acceptors (Lipinski definition) is 6. The molecule has 0 aliphatic carbocycles. The van der Waals surface area contributed by atoms with E-state index < -0.39 is 0 Å². The number of amides is 1. The van der Waals surface area contributed by atoms with Gasteiger partial charge in [0.15, 0.2) is 0 Å². The second-order valence-corrected chi connectivity index (χ2v) is 7.32. The second-order valence-electron chi connectivity index (χ2n) is 6.50. The lowest BCUT2D eigenvalue weighted by Gasteiger charge is -2.44. The van der Waals surface area contributed by atoms with Crippen molar-refractivity contribution in [2.45, 2.75) is 18.9 Å². The number of nitrogens with one attached hydrogen (secondary N) is 1. The van der Waals surface area contributed by atoms with Crippen LogP contribution in [-0.2, 0) is 0 Å². The summed E-state index contributed by atoms with van der Waals surface area (Å²) >= 11 is 1.37. The summed E-state index contributed by atoms with van der Waals surface area (Å²) in [5, 5.41) is 5.50. The second kappa shape index (κ2) is 7.01. The summed E-state index contributed by atoms with van der Waals surface area (Å²) < 4.78 is 10.7.